The highest BCUT2D eigenvalue weighted by atomic mass is 35.5. The molecule has 1 aromatic heterocycles. The Balaban J connectivity index is 1.73. The van der Waals surface area contributed by atoms with Gasteiger partial charge in [-0.05, 0) is 37.0 Å². The van der Waals surface area contributed by atoms with Crippen molar-refractivity contribution < 1.29 is 14.1 Å². The van der Waals surface area contributed by atoms with Crippen LogP contribution in [0.2, 0.25) is 5.02 Å². The molecule has 0 saturated heterocycles. The summed E-state index contributed by atoms with van der Waals surface area (Å²) in [5, 5.41) is 7.71. The number of ether oxygens (including phenoxy) is 1. The van der Waals surface area contributed by atoms with Crippen LogP contribution in [0.3, 0.4) is 0 Å². The minimum Gasteiger partial charge on any atom is -0.496 e. The number of aryl methyl sites for hydroxylation is 1. The molecule has 5 nitrogen and oxygen atoms in total. The van der Waals surface area contributed by atoms with Gasteiger partial charge in [0.15, 0.2) is 5.69 Å². The summed E-state index contributed by atoms with van der Waals surface area (Å²) in [5.41, 5.74) is 2.89. The van der Waals surface area contributed by atoms with Gasteiger partial charge in [0.25, 0.3) is 5.91 Å². The number of nitrogens with one attached hydrogen (secondary N) is 1. The largest absolute Gasteiger partial charge is 0.496 e. The molecule has 4 rings (SSSR count). The van der Waals surface area contributed by atoms with Crippen molar-refractivity contribution in [2.45, 2.75) is 31.7 Å². The number of para-hydroxylation sites is 1. The Morgan fingerprint density at radius 3 is 2.61 bits per heavy atom. The number of carbonyl (C=O) groups is 1. The number of benzene rings is 2. The highest BCUT2D eigenvalue weighted by molar-refractivity contribution is 6.31. The number of methoxy groups -OCH3 is 1. The van der Waals surface area contributed by atoms with Crippen molar-refractivity contribution in [3.63, 3.8) is 0 Å². The maximum absolute atomic E-state index is 13.1. The molecule has 0 saturated carbocycles. The lowest BCUT2D eigenvalue weighted by Crippen LogP contribution is -2.31. The second-order valence-corrected chi connectivity index (χ2v) is 7.22. The van der Waals surface area contributed by atoms with Crippen molar-refractivity contribution in [3.8, 4) is 5.75 Å². The molecule has 0 aliphatic heterocycles. The second-order valence-electron chi connectivity index (χ2n) is 6.81. The maximum Gasteiger partial charge on any atom is 0.274 e. The van der Waals surface area contributed by atoms with Crippen LogP contribution in [0.5, 0.6) is 5.75 Å². The normalized spacial score (nSPS) is 14.2. The SMILES string of the molecule is COc1ccccc1C(NC(=O)c1noc2c1CCCC2)c1ccccc1Cl. The summed E-state index contributed by atoms with van der Waals surface area (Å²) in [7, 11) is 1.61. The predicted octanol–water partition coefficient (Wildman–Crippen LogP) is 4.73. The van der Waals surface area contributed by atoms with Gasteiger partial charge in [-0.25, -0.2) is 0 Å². The van der Waals surface area contributed by atoms with Crippen molar-refractivity contribution in [3.05, 3.63) is 81.7 Å². The van der Waals surface area contributed by atoms with Gasteiger partial charge >= 0.3 is 0 Å². The maximum atomic E-state index is 13.1. The van der Waals surface area contributed by atoms with Crippen LogP contribution in [0.1, 0.15) is 51.8 Å². The van der Waals surface area contributed by atoms with Crippen molar-refractivity contribution in [2.75, 3.05) is 7.11 Å². The first kappa shape index (κ1) is 18.6. The summed E-state index contributed by atoms with van der Waals surface area (Å²) in [6, 6.07) is 14.6. The first-order chi connectivity index (χ1) is 13.7. The number of hydrogen-bond donors (Lipinski definition) is 1. The second kappa shape index (κ2) is 8.07. The lowest BCUT2D eigenvalue weighted by atomic mass is 9.95. The monoisotopic (exact) mass is 396 g/mol. The fourth-order valence-electron chi connectivity index (χ4n) is 3.70. The van der Waals surface area contributed by atoms with Crippen LogP contribution in [-0.2, 0) is 12.8 Å². The average Bonchev–Trinajstić information content (AvgIpc) is 3.17. The van der Waals surface area contributed by atoms with Gasteiger partial charge in [0.1, 0.15) is 11.5 Å². The van der Waals surface area contributed by atoms with E-state index in [4.69, 9.17) is 20.9 Å². The van der Waals surface area contributed by atoms with E-state index < -0.39 is 6.04 Å². The number of amides is 1. The summed E-state index contributed by atoms with van der Waals surface area (Å²) in [6.07, 6.45) is 3.74. The number of hydrogen-bond acceptors (Lipinski definition) is 4. The smallest absolute Gasteiger partial charge is 0.274 e. The fraction of sp³-hybridized carbons (Fsp3) is 0.273. The standard InChI is InChI=1S/C22H21ClN2O3/c1-27-18-12-6-3-9-15(18)20(14-8-2-5-11-17(14)23)24-22(26)21-16-10-4-7-13-19(16)28-25-21/h2-3,5-6,8-9,11-12,20H,4,7,10,13H2,1H3,(H,24,26). The van der Waals surface area contributed by atoms with E-state index in [1.165, 1.54) is 0 Å². The number of rotatable bonds is 5. The van der Waals surface area contributed by atoms with Crippen LogP contribution in [0.15, 0.2) is 53.1 Å². The molecule has 1 N–H and O–H groups in total. The van der Waals surface area contributed by atoms with Crippen LogP contribution in [0.4, 0.5) is 0 Å². The molecular weight excluding hydrogens is 376 g/mol. The van der Waals surface area contributed by atoms with Crippen molar-refractivity contribution in [1.29, 1.82) is 0 Å². The minimum absolute atomic E-state index is 0.275. The molecule has 28 heavy (non-hydrogen) atoms. The minimum atomic E-state index is -0.478. The summed E-state index contributed by atoms with van der Waals surface area (Å²) in [5.74, 6) is 1.22. The highest BCUT2D eigenvalue weighted by Crippen LogP contribution is 2.34. The zero-order valence-corrected chi connectivity index (χ0v) is 16.3. The van der Waals surface area contributed by atoms with Gasteiger partial charge in [0.05, 0.1) is 13.2 Å². The van der Waals surface area contributed by atoms with Gasteiger partial charge in [0, 0.05) is 22.6 Å². The zero-order chi connectivity index (χ0) is 19.5. The fourth-order valence-corrected chi connectivity index (χ4v) is 3.94. The van der Waals surface area contributed by atoms with Gasteiger partial charge in [-0.15, -0.1) is 0 Å². The molecule has 0 bridgehead atoms. The van der Waals surface area contributed by atoms with E-state index in [0.717, 1.165) is 48.1 Å². The third-order valence-electron chi connectivity index (χ3n) is 5.11. The third kappa shape index (κ3) is 3.50. The molecule has 144 valence electrons. The molecule has 1 aliphatic carbocycles. The Morgan fingerprint density at radius 1 is 1.11 bits per heavy atom. The van der Waals surface area contributed by atoms with Crippen molar-refractivity contribution in [2.24, 2.45) is 0 Å². The van der Waals surface area contributed by atoms with E-state index in [1.807, 2.05) is 48.5 Å². The van der Waals surface area contributed by atoms with Gasteiger partial charge in [0.2, 0.25) is 0 Å². The zero-order valence-electron chi connectivity index (χ0n) is 15.6. The van der Waals surface area contributed by atoms with E-state index in [-0.39, 0.29) is 5.91 Å². The van der Waals surface area contributed by atoms with Gasteiger partial charge < -0.3 is 14.6 Å². The van der Waals surface area contributed by atoms with Gasteiger partial charge in [-0.3, -0.25) is 4.79 Å². The molecule has 2 aromatic carbocycles. The quantitative estimate of drug-likeness (QED) is 0.676. The molecule has 0 spiro atoms. The van der Waals surface area contributed by atoms with Gasteiger partial charge in [-0.1, -0.05) is 53.2 Å². The van der Waals surface area contributed by atoms with Crippen molar-refractivity contribution >= 4 is 17.5 Å². The predicted molar refractivity (Wildman–Crippen MR) is 107 cm³/mol. The van der Waals surface area contributed by atoms with Crippen LogP contribution >= 0.6 is 11.6 Å². The molecule has 1 amide bonds. The van der Waals surface area contributed by atoms with Crippen LogP contribution in [0, 0.1) is 0 Å². The lowest BCUT2D eigenvalue weighted by Gasteiger charge is -2.22. The first-order valence-electron chi connectivity index (χ1n) is 9.34. The lowest BCUT2D eigenvalue weighted by molar-refractivity contribution is 0.0932. The molecule has 1 heterocycles. The molecule has 1 atom stereocenters. The van der Waals surface area contributed by atoms with E-state index in [9.17, 15) is 4.79 Å². The molecule has 1 unspecified atom stereocenters. The van der Waals surface area contributed by atoms with Gasteiger partial charge in [-0.2, -0.15) is 0 Å². The topological polar surface area (TPSA) is 64.4 Å². The molecule has 0 fully saturated rings. The van der Waals surface area contributed by atoms with Crippen LogP contribution in [-0.4, -0.2) is 18.2 Å². The molecule has 0 radical (unpaired) electrons. The Bertz CT molecular complexity index is 999. The van der Waals surface area contributed by atoms with E-state index in [0.29, 0.717) is 16.5 Å². The van der Waals surface area contributed by atoms with Crippen molar-refractivity contribution in [1.82, 2.24) is 10.5 Å². The van der Waals surface area contributed by atoms with E-state index in [1.54, 1.807) is 7.11 Å². The molecular formula is C22H21ClN2O3. The Kier molecular flexibility index (Phi) is 5.35. The summed E-state index contributed by atoms with van der Waals surface area (Å²) >= 11 is 6.46. The van der Waals surface area contributed by atoms with E-state index >= 15 is 0 Å². The average molecular weight is 397 g/mol. The first-order valence-corrected chi connectivity index (χ1v) is 9.72. The molecule has 6 heteroatoms. The molecule has 3 aromatic rings. The molecule has 1 aliphatic rings. The Morgan fingerprint density at radius 2 is 1.82 bits per heavy atom. The number of halogens is 1. The highest BCUT2D eigenvalue weighted by Gasteiger charge is 2.28. The van der Waals surface area contributed by atoms with Crippen LogP contribution in [0.25, 0.3) is 0 Å². The Labute approximate surface area is 168 Å². The summed E-state index contributed by atoms with van der Waals surface area (Å²) < 4.78 is 10.9. The number of fused-ring (bicyclic) bond motifs is 1. The van der Waals surface area contributed by atoms with E-state index in [2.05, 4.69) is 10.5 Å². The summed E-state index contributed by atoms with van der Waals surface area (Å²) in [4.78, 5) is 13.1. The number of nitrogens with zero attached hydrogens (tertiary/aromatic N) is 1. The Hall–Kier alpha value is -2.79. The third-order valence-corrected chi connectivity index (χ3v) is 5.45. The summed E-state index contributed by atoms with van der Waals surface area (Å²) in [6.45, 7) is 0. The number of carbonyl (C=O) groups excluding carboxylic acids is 1. The number of aromatic nitrogens is 1. The van der Waals surface area contributed by atoms with Crippen LogP contribution < -0.4 is 10.1 Å².